The number of nitrogens with zero attached hydrogens (tertiary/aromatic N) is 1. The molecule has 3 heterocycles. The molecule has 7 heteroatoms. The Morgan fingerprint density at radius 1 is 1.35 bits per heavy atom. The largest absolute Gasteiger partial charge is 0.366 e. The second-order valence-electron chi connectivity index (χ2n) is 5.58. The Balaban J connectivity index is 1.54. The minimum absolute atomic E-state index is 0.0779. The van der Waals surface area contributed by atoms with E-state index in [-0.39, 0.29) is 5.91 Å². The van der Waals surface area contributed by atoms with Gasteiger partial charge in [0.1, 0.15) is 5.00 Å². The summed E-state index contributed by atoms with van der Waals surface area (Å²) in [4.78, 5) is 25.8. The molecule has 3 rings (SSSR count). The van der Waals surface area contributed by atoms with E-state index in [9.17, 15) is 9.59 Å². The van der Waals surface area contributed by atoms with Crippen LogP contribution in [0.15, 0.2) is 28.3 Å². The molecule has 1 fully saturated rings. The van der Waals surface area contributed by atoms with Crippen molar-refractivity contribution in [1.29, 1.82) is 0 Å². The van der Waals surface area contributed by atoms with Gasteiger partial charge in [0.15, 0.2) is 0 Å². The molecule has 3 N–H and O–H groups in total. The third-order valence-corrected chi connectivity index (χ3v) is 5.63. The van der Waals surface area contributed by atoms with E-state index >= 15 is 0 Å². The maximum atomic E-state index is 12.2. The van der Waals surface area contributed by atoms with Crippen molar-refractivity contribution in [3.8, 4) is 0 Å². The van der Waals surface area contributed by atoms with Crippen molar-refractivity contribution >= 4 is 39.5 Å². The lowest BCUT2D eigenvalue weighted by atomic mass is 10.1. The maximum absolute atomic E-state index is 12.2. The first-order chi connectivity index (χ1) is 11.1. The van der Waals surface area contributed by atoms with E-state index < -0.39 is 5.91 Å². The zero-order valence-electron chi connectivity index (χ0n) is 12.7. The van der Waals surface area contributed by atoms with E-state index in [1.807, 2.05) is 0 Å². The first kappa shape index (κ1) is 16.2. The van der Waals surface area contributed by atoms with Crippen LogP contribution >= 0.6 is 22.7 Å². The smallest absolute Gasteiger partial charge is 0.251 e. The van der Waals surface area contributed by atoms with Crippen molar-refractivity contribution in [2.75, 3.05) is 18.4 Å². The Morgan fingerprint density at radius 3 is 2.96 bits per heavy atom. The molecule has 2 aromatic heterocycles. The first-order valence-corrected chi connectivity index (χ1v) is 9.40. The highest BCUT2D eigenvalue weighted by molar-refractivity contribution is 7.14. The summed E-state index contributed by atoms with van der Waals surface area (Å²) in [7, 11) is 0. The molecule has 0 spiro atoms. The third kappa shape index (κ3) is 3.80. The summed E-state index contributed by atoms with van der Waals surface area (Å²) in [6.45, 7) is 1.75. The van der Waals surface area contributed by atoms with Crippen LogP contribution in [-0.2, 0) is 4.79 Å². The minimum atomic E-state index is -0.515. The molecule has 0 radical (unpaired) electrons. The van der Waals surface area contributed by atoms with Gasteiger partial charge in [0.2, 0.25) is 5.91 Å². The van der Waals surface area contributed by atoms with Gasteiger partial charge >= 0.3 is 0 Å². The van der Waals surface area contributed by atoms with Crippen LogP contribution in [0.25, 0.3) is 0 Å². The van der Waals surface area contributed by atoms with Gasteiger partial charge in [-0.15, -0.1) is 11.3 Å². The van der Waals surface area contributed by atoms with Crippen molar-refractivity contribution in [2.45, 2.75) is 25.3 Å². The topological polar surface area (TPSA) is 75.4 Å². The second-order valence-corrected chi connectivity index (χ2v) is 7.27. The van der Waals surface area contributed by atoms with Crippen molar-refractivity contribution in [2.24, 2.45) is 5.73 Å². The number of primary amides is 1. The predicted molar refractivity (Wildman–Crippen MR) is 94.0 cm³/mol. The Kier molecular flexibility index (Phi) is 5.09. The Labute approximate surface area is 143 Å². The van der Waals surface area contributed by atoms with Crippen LogP contribution in [0, 0.1) is 0 Å². The van der Waals surface area contributed by atoms with Gasteiger partial charge in [-0.1, -0.05) is 0 Å². The first-order valence-electron chi connectivity index (χ1n) is 7.58. The summed E-state index contributed by atoms with van der Waals surface area (Å²) in [5, 5.41) is 9.38. The number of rotatable bonds is 6. The molecule has 1 aliphatic rings. The Morgan fingerprint density at radius 2 is 2.22 bits per heavy atom. The van der Waals surface area contributed by atoms with Gasteiger partial charge in [-0.05, 0) is 53.2 Å². The molecule has 5 nitrogen and oxygen atoms in total. The molecule has 0 aromatic carbocycles. The van der Waals surface area contributed by atoms with Crippen LogP contribution in [0.5, 0.6) is 0 Å². The number of thiophene rings is 2. The Bertz CT molecular complexity index is 681. The number of nitrogens with two attached hydrogens (primary N) is 1. The summed E-state index contributed by atoms with van der Waals surface area (Å²) in [6.07, 6.45) is 2.73. The van der Waals surface area contributed by atoms with E-state index in [0.717, 1.165) is 19.5 Å². The van der Waals surface area contributed by atoms with Crippen molar-refractivity contribution < 1.29 is 9.59 Å². The molecule has 0 saturated carbocycles. The van der Waals surface area contributed by atoms with E-state index in [0.29, 0.717) is 23.0 Å². The standard InChI is InChI=1S/C16H19N3O2S2/c17-15(21)12-5-9-23-16(12)18-14(20)3-7-19-6-1-2-13(19)11-4-8-22-10-11/h4-5,8-10,13H,1-3,6-7H2,(H2,17,21)(H,18,20)/t13-/m1/s1. The minimum Gasteiger partial charge on any atom is -0.366 e. The maximum Gasteiger partial charge on any atom is 0.251 e. The van der Waals surface area contributed by atoms with Crippen LogP contribution in [0.2, 0.25) is 0 Å². The SMILES string of the molecule is NC(=O)c1ccsc1NC(=O)CCN1CCC[C@@H]1c1ccsc1. The van der Waals surface area contributed by atoms with Crippen molar-refractivity contribution in [1.82, 2.24) is 4.90 Å². The Hall–Kier alpha value is -1.70. The lowest BCUT2D eigenvalue weighted by molar-refractivity contribution is -0.116. The molecule has 23 heavy (non-hydrogen) atoms. The van der Waals surface area contributed by atoms with Crippen LogP contribution in [0.1, 0.15) is 41.2 Å². The molecule has 1 atom stereocenters. The third-order valence-electron chi connectivity index (χ3n) is 4.10. The number of anilines is 1. The van der Waals surface area contributed by atoms with Gasteiger partial charge < -0.3 is 11.1 Å². The fourth-order valence-electron chi connectivity index (χ4n) is 2.97. The number of hydrogen-bond acceptors (Lipinski definition) is 5. The van der Waals surface area contributed by atoms with E-state index in [1.165, 1.54) is 23.3 Å². The fourth-order valence-corrected chi connectivity index (χ4v) is 4.49. The second kappa shape index (κ2) is 7.25. The lowest BCUT2D eigenvalue weighted by Crippen LogP contribution is -2.27. The zero-order valence-corrected chi connectivity index (χ0v) is 14.3. The number of hydrogen-bond donors (Lipinski definition) is 2. The van der Waals surface area contributed by atoms with Crippen LogP contribution in [0.3, 0.4) is 0 Å². The molecule has 0 aliphatic carbocycles. The molecule has 0 bridgehead atoms. The number of likely N-dealkylation sites (tertiary alicyclic amines) is 1. The highest BCUT2D eigenvalue weighted by Gasteiger charge is 2.26. The van der Waals surface area contributed by atoms with Gasteiger partial charge in [-0.3, -0.25) is 14.5 Å². The average molecular weight is 349 g/mol. The quantitative estimate of drug-likeness (QED) is 0.841. The molecule has 1 aliphatic heterocycles. The molecule has 1 saturated heterocycles. The normalized spacial score (nSPS) is 18.2. The van der Waals surface area contributed by atoms with Gasteiger partial charge in [-0.2, -0.15) is 11.3 Å². The molecular formula is C16H19N3O2S2. The highest BCUT2D eigenvalue weighted by Crippen LogP contribution is 2.33. The summed E-state index contributed by atoms with van der Waals surface area (Å²) < 4.78 is 0. The number of amides is 2. The van der Waals surface area contributed by atoms with Gasteiger partial charge in [0.25, 0.3) is 5.91 Å². The predicted octanol–water partition coefficient (Wildman–Crippen LogP) is 3.07. The van der Waals surface area contributed by atoms with Crippen LogP contribution in [-0.4, -0.2) is 29.8 Å². The zero-order chi connectivity index (χ0) is 16.2. The number of carbonyl (C=O) groups is 2. The molecule has 2 amide bonds. The fraction of sp³-hybridized carbons (Fsp3) is 0.375. The van der Waals surface area contributed by atoms with Crippen molar-refractivity contribution in [3.05, 3.63) is 39.4 Å². The van der Waals surface area contributed by atoms with Crippen molar-refractivity contribution in [3.63, 3.8) is 0 Å². The molecule has 0 unspecified atom stereocenters. The monoisotopic (exact) mass is 349 g/mol. The highest BCUT2D eigenvalue weighted by atomic mass is 32.1. The number of carbonyl (C=O) groups excluding carboxylic acids is 2. The summed E-state index contributed by atoms with van der Waals surface area (Å²) >= 11 is 3.03. The molecule has 122 valence electrons. The van der Waals surface area contributed by atoms with E-state index in [4.69, 9.17) is 5.73 Å². The van der Waals surface area contributed by atoms with E-state index in [2.05, 4.69) is 27.0 Å². The van der Waals surface area contributed by atoms with Crippen LogP contribution in [0.4, 0.5) is 5.00 Å². The summed E-state index contributed by atoms with van der Waals surface area (Å²) in [5.41, 5.74) is 7.01. The number of nitrogens with one attached hydrogen (secondary N) is 1. The van der Waals surface area contributed by atoms with Gasteiger partial charge in [0, 0.05) is 19.0 Å². The van der Waals surface area contributed by atoms with E-state index in [1.54, 1.807) is 22.8 Å². The van der Waals surface area contributed by atoms with Gasteiger partial charge in [-0.25, -0.2) is 0 Å². The average Bonchev–Trinajstić information content (AvgIpc) is 3.25. The summed E-state index contributed by atoms with van der Waals surface area (Å²) in [6, 6.07) is 4.23. The lowest BCUT2D eigenvalue weighted by Gasteiger charge is -2.23. The van der Waals surface area contributed by atoms with Gasteiger partial charge in [0.05, 0.1) is 5.56 Å². The summed E-state index contributed by atoms with van der Waals surface area (Å²) in [5.74, 6) is -0.593. The van der Waals surface area contributed by atoms with Crippen LogP contribution < -0.4 is 11.1 Å². The molecular weight excluding hydrogens is 330 g/mol. The molecule has 2 aromatic rings.